The van der Waals surface area contributed by atoms with Crippen molar-refractivity contribution in [3.05, 3.63) is 72.1 Å². The molecule has 5 nitrogen and oxygen atoms in total. The number of likely N-dealkylation sites (N-methyl/N-ethyl adjacent to an activating group) is 1. The zero-order valence-electron chi connectivity index (χ0n) is 18.0. The number of likely N-dealkylation sites (tertiary alicyclic amines) is 1. The minimum Gasteiger partial charge on any atom is -0.493 e. The molecule has 0 spiro atoms. The van der Waals surface area contributed by atoms with Crippen LogP contribution in [0.5, 0.6) is 5.75 Å². The molecule has 2 aromatic carbocycles. The topological polar surface area (TPSA) is 41.7 Å². The lowest BCUT2D eigenvalue weighted by Gasteiger charge is -2.27. The number of aromatic nitrogens is 1. The molecule has 5 heteroatoms. The van der Waals surface area contributed by atoms with Crippen LogP contribution in [0.3, 0.4) is 0 Å². The van der Waals surface area contributed by atoms with Gasteiger partial charge in [0.05, 0.1) is 17.9 Å². The third-order valence-corrected chi connectivity index (χ3v) is 5.75. The third kappa shape index (κ3) is 4.91. The Morgan fingerprint density at radius 2 is 1.90 bits per heavy atom. The van der Waals surface area contributed by atoms with Gasteiger partial charge in [-0.1, -0.05) is 49.4 Å². The Morgan fingerprint density at radius 1 is 1.10 bits per heavy atom. The summed E-state index contributed by atoms with van der Waals surface area (Å²) < 4.78 is 11.5. The van der Waals surface area contributed by atoms with Crippen molar-refractivity contribution in [1.82, 2.24) is 14.8 Å². The standard InChI is InChI=1S/C25H31N3O2/c1-3-28(22-14-15-27(18-22)16-20-10-6-5-7-11-20)17-21-19-30-25(26-21)23-12-8-9-13-24(23)29-4-2/h5-13,19,22H,3-4,14-18H2,1-2H3. The van der Waals surface area contributed by atoms with Crippen molar-refractivity contribution in [2.24, 2.45) is 0 Å². The van der Waals surface area contributed by atoms with Gasteiger partial charge in [0.25, 0.3) is 0 Å². The number of oxazole rings is 1. The van der Waals surface area contributed by atoms with E-state index in [4.69, 9.17) is 14.1 Å². The number of benzene rings is 2. The number of hydrogen-bond acceptors (Lipinski definition) is 5. The van der Waals surface area contributed by atoms with Gasteiger partial charge in [0.15, 0.2) is 0 Å². The maximum Gasteiger partial charge on any atom is 0.229 e. The molecular formula is C25H31N3O2. The van der Waals surface area contributed by atoms with Crippen molar-refractivity contribution in [3.63, 3.8) is 0 Å². The summed E-state index contributed by atoms with van der Waals surface area (Å²) in [6, 6.07) is 19.2. The molecule has 1 aliphatic heterocycles. The molecule has 1 unspecified atom stereocenters. The van der Waals surface area contributed by atoms with Crippen molar-refractivity contribution in [2.75, 3.05) is 26.2 Å². The Morgan fingerprint density at radius 3 is 2.70 bits per heavy atom. The highest BCUT2D eigenvalue weighted by atomic mass is 16.5. The number of nitrogens with zero attached hydrogens (tertiary/aromatic N) is 3. The predicted molar refractivity (Wildman–Crippen MR) is 119 cm³/mol. The first-order chi connectivity index (χ1) is 14.8. The van der Waals surface area contributed by atoms with Gasteiger partial charge in [-0.2, -0.15) is 0 Å². The molecule has 1 atom stereocenters. The highest BCUT2D eigenvalue weighted by Crippen LogP contribution is 2.29. The summed E-state index contributed by atoms with van der Waals surface area (Å²) in [5.74, 6) is 1.44. The van der Waals surface area contributed by atoms with E-state index in [1.165, 1.54) is 12.0 Å². The SMILES string of the molecule is CCOc1ccccc1-c1nc(CN(CC)C2CCN(Cc3ccccc3)C2)co1. The van der Waals surface area contributed by atoms with Crippen LogP contribution < -0.4 is 4.74 Å². The summed E-state index contributed by atoms with van der Waals surface area (Å²) in [6.07, 6.45) is 2.98. The Bertz CT molecular complexity index is 925. The van der Waals surface area contributed by atoms with Gasteiger partial charge in [-0.3, -0.25) is 9.80 Å². The summed E-state index contributed by atoms with van der Waals surface area (Å²) in [5.41, 5.74) is 3.26. The highest BCUT2D eigenvalue weighted by molar-refractivity contribution is 5.62. The molecular weight excluding hydrogens is 374 g/mol. The molecule has 1 fully saturated rings. The summed E-state index contributed by atoms with van der Waals surface area (Å²) in [6.45, 7) is 9.90. The fourth-order valence-corrected chi connectivity index (χ4v) is 4.23. The summed E-state index contributed by atoms with van der Waals surface area (Å²) in [7, 11) is 0. The van der Waals surface area contributed by atoms with E-state index in [1.54, 1.807) is 6.26 Å². The maximum atomic E-state index is 5.82. The molecule has 0 amide bonds. The van der Waals surface area contributed by atoms with Crippen LogP contribution in [-0.2, 0) is 13.1 Å². The fraction of sp³-hybridized carbons (Fsp3) is 0.400. The van der Waals surface area contributed by atoms with Crippen LogP contribution in [0.1, 0.15) is 31.5 Å². The second-order valence-electron chi connectivity index (χ2n) is 7.80. The van der Waals surface area contributed by atoms with E-state index in [0.717, 1.165) is 49.7 Å². The lowest BCUT2D eigenvalue weighted by atomic mass is 10.2. The monoisotopic (exact) mass is 405 g/mol. The van der Waals surface area contributed by atoms with Gasteiger partial charge >= 0.3 is 0 Å². The van der Waals surface area contributed by atoms with Gasteiger partial charge < -0.3 is 9.15 Å². The number of ether oxygens (including phenoxy) is 1. The van der Waals surface area contributed by atoms with Gasteiger partial charge in [0.1, 0.15) is 12.0 Å². The van der Waals surface area contributed by atoms with Crippen LogP contribution >= 0.6 is 0 Å². The Hall–Kier alpha value is -2.63. The third-order valence-electron chi connectivity index (χ3n) is 5.75. The molecule has 0 bridgehead atoms. The molecule has 30 heavy (non-hydrogen) atoms. The van der Waals surface area contributed by atoms with Crippen LogP contribution in [0.15, 0.2) is 65.3 Å². The van der Waals surface area contributed by atoms with Crippen molar-refractivity contribution in [3.8, 4) is 17.2 Å². The molecule has 1 saturated heterocycles. The first kappa shape index (κ1) is 20.6. The second kappa shape index (κ2) is 9.92. The van der Waals surface area contributed by atoms with E-state index in [-0.39, 0.29) is 0 Å². The van der Waals surface area contributed by atoms with Gasteiger partial charge in [-0.05, 0) is 37.6 Å². The predicted octanol–water partition coefficient (Wildman–Crippen LogP) is 4.84. The van der Waals surface area contributed by atoms with Crippen LogP contribution in [0.25, 0.3) is 11.5 Å². The summed E-state index contributed by atoms with van der Waals surface area (Å²) in [4.78, 5) is 9.83. The molecule has 0 saturated carbocycles. The lowest BCUT2D eigenvalue weighted by Crippen LogP contribution is -2.37. The molecule has 158 valence electrons. The van der Waals surface area contributed by atoms with E-state index < -0.39 is 0 Å². The average Bonchev–Trinajstić information content (AvgIpc) is 3.43. The number of hydrogen-bond donors (Lipinski definition) is 0. The van der Waals surface area contributed by atoms with Crippen molar-refractivity contribution in [2.45, 2.75) is 39.4 Å². The second-order valence-corrected chi connectivity index (χ2v) is 7.80. The number of rotatable bonds is 9. The van der Waals surface area contributed by atoms with Crippen molar-refractivity contribution in [1.29, 1.82) is 0 Å². The molecule has 0 radical (unpaired) electrons. The van der Waals surface area contributed by atoms with E-state index >= 15 is 0 Å². The van der Waals surface area contributed by atoms with Crippen LogP contribution in [-0.4, -0.2) is 47.1 Å². The Labute approximate surface area is 179 Å². The van der Waals surface area contributed by atoms with Gasteiger partial charge in [-0.25, -0.2) is 4.98 Å². The first-order valence-corrected chi connectivity index (χ1v) is 10.9. The van der Waals surface area contributed by atoms with Crippen molar-refractivity contribution < 1.29 is 9.15 Å². The van der Waals surface area contributed by atoms with E-state index in [2.05, 4.69) is 47.1 Å². The Balaban J connectivity index is 1.39. The summed E-state index contributed by atoms with van der Waals surface area (Å²) >= 11 is 0. The van der Waals surface area contributed by atoms with Crippen LogP contribution in [0, 0.1) is 0 Å². The highest BCUT2D eigenvalue weighted by Gasteiger charge is 2.27. The summed E-state index contributed by atoms with van der Waals surface area (Å²) in [5, 5.41) is 0. The van der Waals surface area contributed by atoms with E-state index in [0.29, 0.717) is 18.5 Å². The normalized spacial score (nSPS) is 17.0. The maximum absolute atomic E-state index is 5.82. The quantitative estimate of drug-likeness (QED) is 0.510. The largest absolute Gasteiger partial charge is 0.493 e. The molecule has 4 rings (SSSR count). The average molecular weight is 406 g/mol. The first-order valence-electron chi connectivity index (χ1n) is 10.9. The minimum absolute atomic E-state index is 0.551. The lowest BCUT2D eigenvalue weighted by molar-refractivity contribution is 0.190. The molecule has 0 aliphatic carbocycles. The number of para-hydroxylation sites is 1. The van der Waals surface area contributed by atoms with E-state index in [9.17, 15) is 0 Å². The van der Waals surface area contributed by atoms with Crippen molar-refractivity contribution >= 4 is 0 Å². The minimum atomic E-state index is 0.551. The van der Waals surface area contributed by atoms with Crippen LogP contribution in [0.2, 0.25) is 0 Å². The molecule has 1 aromatic heterocycles. The zero-order valence-corrected chi connectivity index (χ0v) is 18.0. The van der Waals surface area contributed by atoms with Crippen LogP contribution in [0.4, 0.5) is 0 Å². The molecule has 1 aliphatic rings. The fourth-order valence-electron chi connectivity index (χ4n) is 4.23. The van der Waals surface area contributed by atoms with Gasteiger partial charge in [0, 0.05) is 32.2 Å². The zero-order chi connectivity index (χ0) is 20.8. The molecule has 2 heterocycles. The van der Waals surface area contributed by atoms with E-state index in [1.807, 2.05) is 31.2 Å². The molecule has 0 N–H and O–H groups in total. The van der Waals surface area contributed by atoms with Gasteiger partial charge in [0.2, 0.25) is 5.89 Å². The van der Waals surface area contributed by atoms with Gasteiger partial charge in [-0.15, -0.1) is 0 Å². The smallest absolute Gasteiger partial charge is 0.229 e. The Kier molecular flexibility index (Phi) is 6.82. The molecule has 3 aromatic rings.